The van der Waals surface area contributed by atoms with Crippen molar-refractivity contribution in [1.29, 1.82) is 0 Å². The molecule has 4 aromatic rings. The number of rotatable bonds is 10. The maximum Gasteiger partial charge on any atom is 0.251 e. The Morgan fingerprint density at radius 3 is 2.40 bits per heavy atom. The van der Waals surface area contributed by atoms with Crippen LogP contribution in [0.1, 0.15) is 59.6 Å². The van der Waals surface area contributed by atoms with E-state index in [1.165, 1.54) is 7.05 Å². The van der Waals surface area contributed by atoms with Crippen LogP contribution in [-0.2, 0) is 30.5 Å². The predicted molar refractivity (Wildman–Crippen MR) is 258 cm³/mol. The highest BCUT2D eigenvalue weighted by molar-refractivity contribution is 6.03. The molecule has 17 nitrogen and oxygen atoms in total. The highest BCUT2D eigenvalue weighted by Crippen LogP contribution is 2.42. The lowest BCUT2D eigenvalue weighted by atomic mass is 9.93. The van der Waals surface area contributed by atoms with Crippen molar-refractivity contribution >= 4 is 63.7 Å². The van der Waals surface area contributed by atoms with Crippen molar-refractivity contribution in [2.45, 2.75) is 56.8 Å². The van der Waals surface area contributed by atoms with Gasteiger partial charge >= 0.3 is 0 Å². The molecule has 18 heteroatoms. The number of halogens is 1. The standard InChI is InChI=1S/C50H58FN11O6/c1-52-48(65)31-6-4-7-33(24-31)53-50(67)47-45-40(57(3)55-47)14-12-38(46(45)51)37-11-9-35(61-18-5-8-44(61)64)25-32(37)27-58-19-17-36(28-58)60-22-20-59(21-23-60)34-10-13-39-42(26-34)56(2)29-68-30-62(39)41-15-16-43(63)54-49(41)66/h4,6-7,9-14,24-26,36,41,47,55H,5,8,15-23,27-30H2,1-3H3,(H,52,65)(H,53,67)(H,54,63,66)/t36-,41?,47?/m0/s1. The molecule has 0 saturated carbocycles. The van der Waals surface area contributed by atoms with Crippen molar-refractivity contribution in [3.63, 3.8) is 0 Å². The van der Waals surface area contributed by atoms with Crippen LogP contribution < -0.4 is 46.0 Å². The fourth-order valence-electron chi connectivity index (χ4n) is 10.8. The summed E-state index contributed by atoms with van der Waals surface area (Å²) in [5.41, 5.74) is 10.5. The number of amides is 5. The van der Waals surface area contributed by atoms with E-state index in [-0.39, 0.29) is 35.9 Å². The molecule has 4 aromatic carbocycles. The van der Waals surface area contributed by atoms with E-state index in [0.717, 1.165) is 80.4 Å². The van der Waals surface area contributed by atoms with Crippen molar-refractivity contribution in [3.8, 4) is 11.1 Å². The Bertz CT molecular complexity index is 2660. The van der Waals surface area contributed by atoms with E-state index in [2.05, 4.69) is 59.2 Å². The normalized spacial score (nSPS) is 22.3. The second-order valence-electron chi connectivity index (χ2n) is 18.6. The molecule has 5 amide bonds. The Balaban J connectivity index is 0.844. The monoisotopic (exact) mass is 927 g/mol. The van der Waals surface area contributed by atoms with Crippen molar-refractivity contribution in [3.05, 3.63) is 95.3 Å². The quantitative estimate of drug-likeness (QED) is 0.169. The molecule has 6 aliphatic rings. The Morgan fingerprint density at radius 1 is 0.824 bits per heavy atom. The topological polar surface area (TPSA) is 165 Å². The fraction of sp³-hybridized carbons (Fsp3) is 0.420. The first kappa shape index (κ1) is 45.2. The first-order chi connectivity index (χ1) is 32.9. The number of hydrogen-bond acceptors (Lipinski definition) is 13. The van der Waals surface area contributed by atoms with Crippen molar-refractivity contribution < 1.29 is 33.1 Å². The summed E-state index contributed by atoms with van der Waals surface area (Å²) in [6.07, 6.45) is 3.02. The Kier molecular flexibility index (Phi) is 12.5. The van der Waals surface area contributed by atoms with Crippen molar-refractivity contribution in [2.24, 2.45) is 0 Å². The lowest BCUT2D eigenvalue weighted by Crippen LogP contribution is -2.53. The average Bonchev–Trinajstić information content (AvgIpc) is 4.06. The molecule has 4 saturated heterocycles. The molecule has 0 bridgehead atoms. The summed E-state index contributed by atoms with van der Waals surface area (Å²) >= 11 is 0. The zero-order valence-electron chi connectivity index (χ0n) is 38.7. The first-order valence-corrected chi connectivity index (χ1v) is 23.6. The van der Waals surface area contributed by atoms with Gasteiger partial charge in [-0.3, -0.25) is 39.1 Å². The number of nitrogens with zero attached hydrogens (tertiary/aromatic N) is 7. The van der Waals surface area contributed by atoms with Crippen LogP contribution >= 0.6 is 0 Å². The highest BCUT2D eigenvalue weighted by Gasteiger charge is 2.38. The van der Waals surface area contributed by atoms with Gasteiger partial charge in [0.15, 0.2) is 0 Å². The van der Waals surface area contributed by atoms with Gasteiger partial charge in [0.25, 0.3) is 5.91 Å². The number of carbonyl (C=O) groups is 5. The zero-order chi connectivity index (χ0) is 47.2. The van der Waals surface area contributed by atoms with Gasteiger partial charge in [0.05, 0.1) is 17.1 Å². The second kappa shape index (κ2) is 18.8. The number of imide groups is 1. The predicted octanol–water partition coefficient (Wildman–Crippen LogP) is 4.00. The van der Waals surface area contributed by atoms with Crippen LogP contribution in [-0.4, -0.2) is 132 Å². The molecule has 6 aliphatic heterocycles. The maximum absolute atomic E-state index is 17.2. The Morgan fingerprint density at radius 2 is 1.62 bits per heavy atom. The molecule has 0 radical (unpaired) electrons. The largest absolute Gasteiger partial charge is 0.369 e. The van der Waals surface area contributed by atoms with E-state index >= 15 is 4.39 Å². The van der Waals surface area contributed by atoms with Gasteiger partial charge in [0.2, 0.25) is 23.6 Å². The zero-order valence-corrected chi connectivity index (χ0v) is 38.7. The molecule has 3 atom stereocenters. The van der Waals surface area contributed by atoms with Gasteiger partial charge in [-0.2, -0.15) is 0 Å². The second-order valence-corrected chi connectivity index (χ2v) is 18.6. The van der Waals surface area contributed by atoms with E-state index in [1.54, 1.807) is 42.4 Å². The summed E-state index contributed by atoms with van der Waals surface area (Å²) in [6, 6.07) is 21.3. The molecule has 6 heterocycles. The number of likely N-dealkylation sites (tertiary alicyclic amines) is 1. The van der Waals surface area contributed by atoms with Gasteiger partial charge < -0.3 is 40.0 Å². The number of carbonyl (C=O) groups excluding carboxylic acids is 5. The molecule has 10 rings (SSSR count). The molecule has 0 spiro atoms. The van der Waals surface area contributed by atoms with Crippen molar-refractivity contribution in [1.82, 2.24) is 25.9 Å². The third-order valence-electron chi connectivity index (χ3n) is 14.4. The van der Waals surface area contributed by atoms with Crippen molar-refractivity contribution in [2.75, 3.05) is 110 Å². The highest BCUT2D eigenvalue weighted by atomic mass is 19.1. The summed E-state index contributed by atoms with van der Waals surface area (Å²) in [7, 11) is 5.27. The first-order valence-electron chi connectivity index (χ1n) is 23.6. The molecule has 0 aromatic heterocycles. The number of hydrogen-bond donors (Lipinski definition) is 4. The fourth-order valence-corrected chi connectivity index (χ4v) is 10.8. The summed E-state index contributed by atoms with van der Waals surface area (Å²) in [5, 5.41) is 9.61. The number of benzene rings is 4. The SMILES string of the molecule is CNC(=O)c1cccc(NC(=O)C2NN(C)c3ccc(-c4ccc(N5CCCC5=O)cc4CN4CC[C@H](N5CCN(c6ccc7c(c6)N(C)COCN7C6CCC(=O)NC6=O)CC5)C4)c(F)c32)c1. The molecule has 0 aliphatic carbocycles. The van der Waals surface area contributed by atoms with Gasteiger partial charge in [-0.05, 0) is 91.1 Å². The van der Waals surface area contributed by atoms with Crippen LogP contribution in [0.4, 0.5) is 38.5 Å². The van der Waals surface area contributed by atoms with E-state index in [1.807, 2.05) is 41.1 Å². The summed E-state index contributed by atoms with van der Waals surface area (Å²) < 4.78 is 23.2. The molecule has 2 unspecified atom stereocenters. The van der Waals surface area contributed by atoms with Crippen LogP contribution in [0.15, 0.2) is 72.8 Å². The van der Waals surface area contributed by atoms with Crippen LogP contribution in [0.25, 0.3) is 11.1 Å². The van der Waals surface area contributed by atoms with Crippen LogP contribution in [0, 0.1) is 5.82 Å². The third-order valence-corrected chi connectivity index (χ3v) is 14.4. The summed E-state index contributed by atoms with van der Waals surface area (Å²) in [4.78, 5) is 77.1. The van der Waals surface area contributed by atoms with Gasteiger partial charge in [-0.25, -0.2) is 9.82 Å². The van der Waals surface area contributed by atoms with Crippen LogP contribution in [0.5, 0.6) is 0 Å². The average molecular weight is 928 g/mol. The van der Waals surface area contributed by atoms with E-state index in [0.29, 0.717) is 73.2 Å². The number of piperidine rings is 1. The van der Waals surface area contributed by atoms with E-state index in [4.69, 9.17) is 4.74 Å². The minimum absolute atomic E-state index is 0.0812. The van der Waals surface area contributed by atoms with Gasteiger partial charge in [-0.1, -0.05) is 12.1 Å². The van der Waals surface area contributed by atoms with Gasteiger partial charge in [-0.15, -0.1) is 0 Å². The number of piperazine rings is 1. The minimum Gasteiger partial charge on any atom is -0.369 e. The molecule has 4 N–H and O–H groups in total. The molecule has 356 valence electrons. The van der Waals surface area contributed by atoms with E-state index < -0.39 is 23.8 Å². The maximum atomic E-state index is 17.2. The van der Waals surface area contributed by atoms with Crippen LogP contribution in [0.2, 0.25) is 0 Å². The van der Waals surface area contributed by atoms with E-state index in [9.17, 15) is 24.0 Å². The lowest BCUT2D eigenvalue weighted by molar-refractivity contribution is -0.134. The third kappa shape index (κ3) is 8.72. The summed E-state index contributed by atoms with van der Waals surface area (Å²) in [6.45, 7) is 7.04. The number of ether oxygens (including phenoxy) is 1. The molecular weight excluding hydrogens is 870 g/mol. The molecule has 68 heavy (non-hydrogen) atoms. The number of fused-ring (bicyclic) bond motifs is 2. The number of anilines is 6. The lowest BCUT2D eigenvalue weighted by Gasteiger charge is -2.40. The molecular formula is C50H58FN11O6. The van der Waals surface area contributed by atoms with Gasteiger partial charge in [0.1, 0.15) is 31.4 Å². The molecule has 4 fully saturated rings. The smallest absolute Gasteiger partial charge is 0.251 e. The number of hydrazine groups is 1. The summed E-state index contributed by atoms with van der Waals surface area (Å²) in [5.74, 6) is -1.70. The Hall–Kier alpha value is -6.60. The Labute approximate surface area is 395 Å². The minimum atomic E-state index is -1.04. The number of nitrogens with one attached hydrogen (secondary N) is 4. The van der Waals surface area contributed by atoms with Crippen LogP contribution in [0.3, 0.4) is 0 Å². The van der Waals surface area contributed by atoms with Gasteiger partial charge in [0, 0.05) is 126 Å².